The second-order valence-corrected chi connectivity index (χ2v) is 7.82. The molecule has 1 atom stereocenters. The number of rotatable bonds is 6. The molecule has 0 aliphatic heterocycles. The fourth-order valence-electron chi connectivity index (χ4n) is 2.60. The van der Waals surface area contributed by atoms with Gasteiger partial charge < -0.3 is 5.73 Å². The molecule has 18 heavy (non-hydrogen) atoms. The van der Waals surface area contributed by atoms with Crippen LogP contribution in [0.1, 0.15) is 41.5 Å². The molecule has 4 heteroatoms. The highest BCUT2D eigenvalue weighted by molar-refractivity contribution is 9.10. The van der Waals surface area contributed by atoms with Crippen molar-refractivity contribution in [3.8, 4) is 0 Å². The molecule has 2 aliphatic rings. The Morgan fingerprint density at radius 2 is 2.17 bits per heavy atom. The number of halogens is 1. The van der Waals surface area contributed by atoms with Crippen LogP contribution in [0.3, 0.4) is 0 Å². The summed E-state index contributed by atoms with van der Waals surface area (Å²) in [6, 6.07) is 3.52. The summed E-state index contributed by atoms with van der Waals surface area (Å²) >= 11 is 5.53. The fourth-order valence-corrected chi connectivity index (χ4v) is 4.29. The Morgan fingerprint density at radius 1 is 1.44 bits per heavy atom. The van der Waals surface area contributed by atoms with Crippen LogP contribution >= 0.6 is 27.3 Å². The summed E-state index contributed by atoms with van der Waals surface area (Å²) in [5.74, 6) is 0.948. The Labute approximate surface area is 122 Å². The van der Waals surface area contributed by atoms with Gasteiger partial charge in [-0.3, -0.25) is 4.90 Å². The summed E-state index contributed by atoms with van der Waals surface area (Å²) in [5, 5.41) is 0. The van der Waals surface area contributed by atoms with E-state index in [2.05, 4.69) is 33.8 Å². The number of nitrogens with two attached hydrogens (primary N) is 1. The normalized spacial score (nSPS) is 21.6. The molecule has 1 unspecified atom stereocenters. The van der Waals surface area contributed by atoms with E-state index in [9.17, 15) is 0 Å². The van der Waals surface area contributed by atoms with Crippen molar-refractivity contribution in [3.63, 3.8) is 0 Å². The molecule has 2 N–H and O–H groups in total. The number of hydrogen-bond donors (Lipinski definition) is 1. The van der Waals surface area contributed by atoms with Crippen LogP contribution in [0, 0.1) is 12.8 Å². The Bertz CT molecular complexity index is 404. The zero-order chi connectivity index (χ0) is 12.7. The predicted molar refractivity (Wildman–Crippen MR) is 81.0 cm³/mol. The predicted octanol–water partition coefficient (Wildman–Crippen LogP) is 3.69. The van der Waals surface area contributed by atoms with E-state index in [0.717, 1.165) is 18.5 Å². The molecule has 0 bridgehead atoms. The van der Waals surface area contributed by atoms with Crippen molar-refractivity contribution < 1.29 is 0 Å². The minimum absolute atomic E-state index is 0.438. The average molecular weight is 329 g/mol. The highest BCUT2D eigenvalue weighted by Gasteiger charge is 2.38. The van der Waals surface area contributed by atoms with Gasteiger partial charge in [-0.1, -0.05) is 0 Å². The third-order valence-electron chi connectivity index (χ3n) is 4.01. The lowest BCUT2D eigenvalue weighted by molar-refractivity contribution is 0.185. The van der Waals surface area contributed by atoms with Crippen LogP contribution in [0.4, 0.5) is 0 Å². The van der Waals surface area contributed by atoms with Crippen molar-refractivity contribution in [1.82, 2.24) is 4.90 Å². The number of hydrogen-bond acceptors (Lipinski definition) is 3. The Morgan fingerprint density at radius 3 is 2.61 bits per heavy atom. The van der Waals surface area contributed by atoms with Crippen molar-refractivity contribution in [3.05, 3.63) is 20.3 Å². The number of nitrogens with zero attached hydrogens (tertiary/aromatic N) is 1. The Balaban J connectivity index is 1.79. The maximum atomic E-state index is 6.08. The van der Waals surface area contributed by atoms with Gasteiger partial charge in [-0.25, -0.2) is 0 Å². The van der Waals surface area contributed by atoms with Gasteiger partial charge in [0.2, 0.25) is 0 Å². The van der Waals surface area contributed by atoms with Crippen LogP contribution in [0.5, 0.6) is 0 Å². The number of aryl methyl sites for hydroxylation is 1. The molecule has 2 saturated carbocycles. The third-order valence-corrected chi connectivity index (χ3v) is 6.25. The van der Waals surface area contributed by atoms with Crippen LogP contribution in [0.25, 0.3) is 0 Å². The van der Waals surface area contributed by atoms with Gasteiger partial charge in [0, 0.05) is 33.4 Å². The molecule has 0 amide bonds. The molecule has 1 heterocycles. The van der Waals surface area contributed by atoms with E-state index in [-0.39, 0.29) is 0 Å². The van der Waals surface area contributed by atoms with Gasteiger partial charge in [-0.05, 0) is 60.5 Å². The largest absolute Gasteiger partial charge is 0.329 e. The molecular formula is C14H21BrN2S. The van der Waals surface area contributed by atoms with Crippen molar-refractivity contribution in [2.75, 3.05) is 13.1 Å². The molecule has 0 aromatic carbocycles. The van der Waals surface area contributed by atoms with Crippen molar-refractivity contribution in [1.29, 1.82) is 0 Å². The van der Waals surface area contributed by atoms with Gasteiger partial charge in [0.25, 0.3) is 0 Å². The van der Waals surface area contributed by atoms with Gasteiger partial charge in [-0.15, -0.1) is 11.3 Å². The van der Waals surface area contributed by atoms with Crippen LogP contribution in [-0.4, -0.2) is 24.0 Å². The molecule has 2 fully saturated rings. The molecule has 100 valence electrons. The molecule has 0 radical (unpaired) electrons. The molecule has 1 aromatic rings. The number of thiophene rings is 1. The highest BCUT2D eigenvalue weighted by Crippen LogP contribution is 2.41. The minimum atomic E-state index is 0.438. The summed E-state index contributed by atoms with van der Waals surface area (Å²) in [5.41, 5.74) is 6.08. The van der Waals surface area contributed by atoms with Gasteiger partial charge in [0.05, 0.1) is 6.04 Å². The van der Waals surface area contributed by atoms with Crippen LogP contribution in [0.15, 0.2) is 10.5 Å². The Hall–Kier alpha value is 0.100. The molecule has 1 aromatic heterocycles. The Kier molecular flexibility index (Phi) is 3.81. The van der Waals surface area contributed by atoms with Gasteiger partial charge in [-0.2, -0.15) is 0 Å². The standard InChI is InChI=1S/C14H21BrN2S/c1-9-12(15)6-14(18-9)13(7-16)17(11-4-5-11)8-10-2-3-10/h6,10-11,13H,2-5,7-8,16H2,1H3. The monoisotopic (exact) mass is 328 g/mol. The zero-order valence-electron chi connectivity index (χ0n) is 10.9. The van der Waals surface area contributed by atoms with E-state index in [1.54, 1.807) is 0 Å². The first-order valence-corrected chi connectivity index (χ1v) is 8.51. The maximum Gasteiger partial charge on any atom is 0.0567 e. The molecular weight excluding hydrogens is 308 g/mol. The van der Waals surface area contributed by atoms with E-state index in [0.29, 0.717) is 6.04 Å². The maximum absolute atomic E-state index is 6.08. The van der Waals surface area contributed by atoms with E-state index >= 15 is 0 Å². The second-order valence-electron chi connectivity index (χ2n) is 5.68. The quantitative estimate of drug-likeness (QED) is 0.862. The summed E-state index contributed by atoms with van der Waals surface area (Å²) in [6.45, 7) is 4.19. The van der Waals surface area contributed by atoms with Gasteiger partial charge in [0.1, 0.15) is 0 Å². The lowest BCUT2D eigenvalue weighted by atomic mass is 10.2. The SMILES string of the molecule is Cc1sc(C(CN)N(CC2CC2)C2CC2)cc1Br. The lowest BCUT2D eigenvalue weighted by Crippen LogP contribution is -2.36. The average Bonchev–Trinajstić information content (AvgIpc) is 3.23. The molecule has 0 saturated heterocycles. The summed E-state index contributed by atoms with van der Waals surface area (Å²) in [4.78, 5) is 5.50. The van der Waals surface area contributed by atoms with E-state index in [1.165, 1.54) is 46.5 Å². The van der Waals surface area contributed by atoms with Gasteiger partial charge >= 0.3 is 0 Å². The smallest absolute Gasteiger partial charge is 0.0567 e. The molecule has 2 nitrogen and oxygen atoms in total. The summed E-state index contributed by atoms with van der Waals surface area (Å²) in [6.07, 6.45) is 5.59. The molecule has 0 spiro atoms. The second kappa shape index (κ2) is 5.23. The summed E-state index contributed by atoms with van der Waals surface area (Å²) < 4.78 is 1.24. The topological polar surface area (TPSA) is 29.3 Å². The first-order chi connectivity index (χ1) is 8.69. The van der Waals surface area contributed by atoms with E-state index < -0.39 is 0 Å². The lowest BCUT2D eigenvalue weighted by Gasteiger charge is -2.30. The van der Waals surface area contributed by atoms with Crippen LogP contribution in [0.2, 0.25) is 0 Å². The van der Waals surface area contributed by atoms with Crippen LogP contribution in [-0.2, 0) is 0 Å². The van der Waals surface area contributed by atoms with E-state index in [4.69, 9.17) is 5.73 Å². The third kappa shape index (κ3) is 2.82. The van der Waals surface area contributed by atoms with Crippen molar-refractivity contribution in [2.24, 2.45) is 11.7 Å². The molecule has 2 aliphatic carbocycles. The first kappa shape index (κ1) is 13.1. The minimum Gasteiger partial charge on any atom is -0.329 e. The zero-order valence-corrected chi connectivity index (χ0v) is 13.3. The first-order valence-electron chi connectivity index (χ1n) is 6.90. The summed E-state index contributed by atoms with van der Waals surface area (Å²) in [7, 11) is 0. The molecule has 3 rings (SSSR count). The van der Waals surface area contributed by atoms with Gasteiger partial charge in [0.15, 0.2) is 0 Å². The fraction of sp³-hybridized carbons (Fsp3) is 0.714. The van der Waals surface area contributed by atoms with Crippen molar-refractivity contribution >= 4 is 27.3 Å². The van der Waals surface area contributed by atoms with E-state index in [1.807, 2.05) is 11.3 Å². The van der Waals surface area contributed by atoms with Crippen LogP contribution < -0.4 is 5.73 Å². The highest BCUT2D eigenvalue weighted by atomic mass is 79.9. The van der Waals surface area contributed by atoms with Crippen molar-refractivity contribution in [2.45, 2.75) is 44.7 Å².